The van der Waals surface area contributed by atoms with Crippen molar-refractivity contribution in [3.8, 4) is 0 Å². The van der Waals surface area contributed by atoms with Gasteiger partial charge in [-0.05, 0) is 38.3 Å². The van der Waals surface area contributed by atoms with Gasteiger partial charge >= 0.3 is 5.97 Å². The van der Waals surface area contributed by atoms with Gasteiger partial charge in [0.25, 0.3) is 5.91 Å². The molecule has 2 rings (SSSR count). The van der Waals surface area contributed by atoms with Gasteiger partial charge in [-0.2, -0.15) is 0 Å². The van der Waals surface area contributed by atoms with Crippen molar-refractivity contribution in [2.24, 2.45) is 0 Å². The molecule has 1 amide bonds. The molecule has 0 spiro atoms. The van der Waals surface area contributed by atoms with Crippen LogP contribution in [0.3, 0.4) is 0 Å². The lowest BCUT2D eigenvalue weighted by Crippen LogP contribution is -2.47. The molecule has 1 aromatic carbocycles. The maximum atomic E-state index is 12.3. The van der Waals surface area contributed by atoms with Crippen LogP contribution in [-0.2, 0) is 4.79 Å². The van der Waals surface area contributed by atoms with Crippen LogP contribution in [0.15, 0.2) is 24.3 Å². The van der Waals surface area contributed by atoms with Crippen molar-refractivity contribution < 1.29 is 14.7 Å². The molecule has 1 fully saturated rings. The maximum Gasteiger partial charge on any atom is 0.326 e. The number of hydrogen-bond donors (Lipinski definition) is 1. The molecule has 0 aliphatic carbocycles. The van der Waals surface area contributed by atoms with Crippen LogP contribution in [0.2, 0.25) is 0 Å². The summed E-state index contributed by atoms with van der Waals surface area (Å²) in [7, 11) is 0. The number of aryl methyl sites for hydroxylation is 1. The molecule has 0 bridgehead atoms. The van der Waals surface area contributed by atoms with Crippen molar-refractivity contribution in [2.45, 2.75) is 32.2 Å². The highest BCUT2D eigenvalue weighted by Crippen LogP contribution is 2.20. The van der Waals surface area contributed by atoms with Crippen LogP contribution >= 0.6 is 0 Å². The number of benzene rings is 1. The number of amides is 1. The lowest BCUT2D eigenvalue weighted by atomic mass is 10.0. The Kier molecular flexibility index (Phi) is 3.65. The number of aliphatic carboxylic acids is 1. The minimum atomic E-state index is -0.907. The number of hydrogen-bond acceptors (Lipinski definition) is 2. The first-order valence-electron chi connectivity index (χ1n) is 6.20. The van der Waals surface area contributed by atoms with E-state index in [4.69, 9.17) is 5.11 Å². The molecule has 1 saturated heterocycles. The van der Waals surface area contributed by atoms with Gasteiger partial charge in [-0.15, -0.1) is 0 Å². The molecule has 4 heteroatoms. The van der Waals surface area contributed by atoms with Crippen molar-refractivity contribution >= 4 is 11.9 Å². The van der Waals surface area contributed by atoms with Gasteiger partial charge in [-0.1, -0.05) is 17.7 Å². The summed E-state index contributed by atoms with van der Waals surface area (Å²) in [5.41, 5.74) is 1.65. The number of piperidine rings is 1. The molecule has 1 aliphatic heterocycles. The number of likely N-dealkylation sites (tertiary alicyclic amines) is 1. The van der Waals surface area contributed by atoms with E-state index in [1.165, 1.54) is 4.90 Å². The fourth-order valence-electron chi connectivity index (χ4n) is 2.29. The Bertz CT molecular complexity index is 453. The van der Waals surface area contributed by atoms with E-state index in [0.29, 0.717) is 18.5 Å². The predicted molar refractivity (Wildman–Crippen MR) is 67.5 cm³/mol. The van der Waals surface area contributed by atoms with Crippen LogP contribution in [0.1, 0.15) is 35.2 Å². The Hall–Kier alpha value is -1.84. The summed E-state index contributed by atoms with van der Waals surface area (Å²) in [6.45, 7) is 2.49. The zero-order chi connectivity index (χ0) is 13.1. The largest absolute Gasteiger partial charge is 0.480 e. The topological polar surface area (TPSA) is 57.6 Å². The van der Waals surface area contributed by atoms with E-state index in [0.717, 1.165) is 18.4 Å². The first-order chi connectivity index (χ1) is 8.59. The highest BCUT2D eigenvalue weighted by atomic mass is 16.4. The molecule has 0 saturated carbocycles. The van der Waals surface area contributed by atoms with Gasteiger partial charge in [0, 0.05) is 12.1 Å². The molecule has 1 aromatic rings. The maximum absolute atomic E-state index is 12.3. The number of carboxylic acid groups (broad SMARTS) is 1. The van der Waals surface area contributed by atoms with Gasteiger partial charge in [-0.25, -0.2) is 4.79 Å². The van der Waals surface area contributed by atoms with Crippen LogP contribution in [-0.4, -0.2) is 34.5 Å². The summed E-state index contributed by atoms with van der Waals surface area (Å²) < 4.78 is 0. The van der Waals surface area contributed by atoms with Gasteiger partial charge < -0.3 is 10.0 Å². The molecule has 18 heavy (non-hydrogen) atoms. The van der Waals surface area contributed by atoms with Gasteiger partial charge in [0.2, 0.25) is 0 Å². The van der Waals surface area contributed by atoms with Gasteiger partial charge in [0.05, 0.1) is 0 Å². The third-order valence-electron chi connectivity index (χ3n) is 3.35. The summed E-state index contributed by atoms with van der Waals surface area (Å²) >= 11 is 0. The Balaban J connectivity index is 2.20. The molecule has 1 N–H and O–H groups in total. The molecule has 0 aromatic heterocycles. The first kappa shape index (κ1) is 12.6. The smallest absolute Gasteiger partial charge is 0.326 e. The number of carbonyl (C=O) groups excluding carboxylic acids is 1. The first-order valence-corrected chi connectivity index (χ1v) is 6.20. The van der Waals surface area contributed by atoms with E-state index in [-0.39, 0.29) is 5.91 Å². The number of carboxylic acids is 1. The Morgan fingerprint density at radius 2 is 1.89 bits per heavy atom. The molecule has 0 radical (unpaired) electrons. The molecule has 1 atom stereocenters. The average molecular weight is 247 g/mol. The van der Waals surface area contributed by atoms with Gasteiger partial charge in [0.15, 0.2) is 0 Å². The summed E-state index contributed by atoms with van der Waals surface area (Å²) in [6.07, 6.45) is 2.29. The SMILES string of the molecule is Cc1ccc(C(=O)N2CCCC[C@@H]2C(=O)O)cc1. The quantitative estimate of drug-likeness (QED) is 0.870. The third kappa shape index (κ3) is 2.53. The van der Waals surface area contributed by atoms with E-state index in [9.17, 15) is 9.59 Å². The summed E-state index contributed by atoms with van der Waals surface area (Å²) in [4.78, 5) is 24.9. The number of carbonyl (C=O) groups is 2. The Labute approximate surface area is 106 Å². The van der Waals surface area contributed by atoms with E-state index in [1.807, 2.05) is 19.1 Å². The standard InChI is InChI=1S/C14H17NO3/c1-10-5-7-11(8-6-10)13(16)15-9-3-2-4-12(15)14(17)18/h5-8,12H,2-4,9H2,1H3,(H,17,18)/t12-/m1/s1. The van der Waals surface area contributed by atoms with Gasteiger partial charge in [-0.3, -0.25) is 4.79 Å². The predicted octanol–water partition coefficient (Wildman–Crippen LogP) is 2.07. The highest BCUT2D eigenvalue weighted by Gasteiger charge is 2.32. The zero-order valence-corrected chi connectivity index (χ0v) is 10.4. The fraction of sp³-hybridized carbons (Fsp3) is 0.429. The number of rotatable bonds is 2. The summed E-state index contributed by atoms with van der Waals surface area (Å²) in [5.74, 6) is -1.09. The van der Waals surface area contributed by atoms with E-state index in [1.54, 1.807) is 12.1 Å². The fourth-order valence-corrected chi connectivity index (χ4v) is 2.29. The molecule has 1 aliphatic rings. The van der Waals surface area contributed by atoms with Crippen molar-refractivity contribution in [2.75, 3.05) is 6.54 Å². The van der Waals surface area contributed by atoms with E-state index < -0.39 is 12.0 Å². The molecular weight excluding hydrogens is 230 g/mol. The minimum absolute atomic E-state index is 0.179. The minimum Gasteiger partial charge on any atom is -0.480 e. The second kappa shape index (κ2) is 5.21. The van der Waals surface area contributed by atoms with Crippen LogP contribution < -0.4 is 0 Å². The Morgan fingerprint density at radius 1 is 1.22 bits per heavy atom. The normalized spacial score (nSPS) is 19.6. The van der Waals surface area contributed by atoms with Crippen molar-refractivity contribution in [3.05, 3.63) is 35.4 Å². The van der Waals surface area contributed by atoms with Crippen molar-refractivity contribution in [1.29, 1.82) is 0 Å². The van der Waals surface area contributed by atoms with Crippen LogP contribution in [0.4, 0.5) is 0 Å². The molecular formula is C14H17NO3. The van der Waals surface area contributed by atoms with Crippen molar-refractivity contribution in [1.82, 2.24) is 4.90 Å². The van der Waals surface area contributed by atoms with Crippen LogP contribution in [0.25, 0.3) is 0 Å². The van der Waals surface area contributed by atoms with E-state index >= 15 is 0 Å². The molecule has 96 valence electrons. The molecule has 1 heterocycles. The monoisotopic (exact) mass is 247 g/mol. The summed E-state index contributed by atoms with van der Waals surface area (Å²) in [5, 5.41) is 9.15. The second-order valence-electron chi connectivity index (χ2n) is 4.71. The zero-order valence-electron chi connectivity index (χ0n) is 10.4. The summed E-state index contributed by atoms with van der Waals surface area (Å²) in [6, 6.07) is 6.57. The molecule has 4 nitrogen and oxygen atoms in total. The van der Waals surface area contributed by atoms with Crippen molar-refractivity contribution in [3.63, 3.8) is 0 Å². The van der Waals surface area contributed by atoms with E-state index in [2.05, 4.69) is 0 Å². The lowest BCUT2D eigenvalue weighted by Gasteiger charge is -2.33. The number of nitrogens with zero attached hydrogens (tertiary/aromatic N) is 1. The second-order valence-corrected chi connectivity index (χ2v) is 4.71. The van der Waals surface area contributed by atoms with Crippen LogP contribution in [0.5, 0.6) is 0 Å². The van der Waals surface area contributed by atoms with Gasteiger partial charge in [0.1, 0.15) is 6.04 Å². The average Bonchev–Trinajstić information content (AvgIpc) is 2.39. The highest BCUT2D eigenvalue weighted by molar-refractivity contribution is 5.96. The lowest BCUT2D eigenvalue weighted by molar-refractivity contribution is -0.143. The Morgan fingerprint density at radius 3 is 2.50 bits per heavy atom. The molecule has 0 unspecified atom stereocenters. The van der Waals surface area contributed by atoms with Crippen LogP contribution in [0, 0.1) is 6.92 Å². The third-order valence-corrected chi connectivity index (χ3v) is 3.35.